The minimum Gasteiger partial charge on any atom is -0.388 e. The number of aliphatic hydroxyl groups excluding tert-OH is 1. The molecule has 1 aliphatic rings. The molecule has 1 N–H and O–H groups in total. The maximum absolute atomic E-state index is 10.3. The molecule has 126 valence electrons. The van der Waals surface area contributed by atoms with Crippen molar-refractivity contribution in [3.8, 4) is 0 Å². The van der Waals surface area contributed by atoms with Gasteiger partial charge in [0.2, 0.25) is 0 Å². The molecule has 1 heterocycles. The van der Waals surface area contributed by atoms with Crippen LogP contribution in [0.1, 0.15) is 66.2 Å². The topological polar surface area (TPSA) is 38.7 Å². The summed E-state index contributed by atoms with van der Waals surface area (Å²) < 4.78 is 11.2. The van der Waals surface area contributed by atoms with E-state index in [4.69, 9.17) is 9.47 Å². The molecule has 3 nitrogen and oxygen atoms in total. The highest BCUT2D eigenvalue weighted by atomic mass is 16.5. The summed E-state index contributed by atoms with van der Waals surface area (Å²) in [6.45, 7) is 10.2. The number of hydrogen-bond donors (Lipinski definition) is 1. The van der Waals surface area contributed by atoms with Crippen LogP contribution in [0.15, 0.2) is 0 Å². The van der Waals surface area contributed by atoms with Crippen molar-refractivity contribution in [1.29, 1.82) is 0 Å². The van der Waals surface area contributed by atoms with Crippen LogP contribution in [0.2, 0.25) is 0 Å². The lowest BCUT2D eigenvalue weighted by Crippen LogP contribution is -2.56. The molecule has 0 bridgehead atoms. The third kappa shape index (κ3) is 5.54. The van der Waals surface area contributed by atoms with Gasteiger partial charge >= 0.3 is 0 Å². The molecule has 1 fully saturated rings. The van der Waals surface area contributed by atoms with Gasteiger partial charge in [-0.25, -0.2) is 0 Å². The highest BCUT2D eigenvalue weighted by molar-refractivity contribution is 4.95. The lowest BCUT2D eigenvalue weighted by molar-refractivity contribution is -0.202. The second-order valence-electron chi connectivity index (χ2n) is 7.44. The maximum Gasteiger partial charge on any atom is 0.107 e. The van der Waals surface area contributed by atoms with E-state index < -0.39 is 11.7 Å². The molecule has 21 heavy (non-hydrogen) atoms. The van der Waals surface area contributed by atoms with Crippen LogP contribution in [0.4, 0.5) is 0 Å². The van der Waals surface area contributed by atoms with Crippen molar-refractivity contribution >= 4 is 0 Å². The summed E-state index contributed by atoms with van der Waals surface area (Å²) in [5.41, 5.74) is -0.407. The summed E-state index contributed by atoms with van der Waals surface area (Å²) in [4.78, 5) is 0. The van der Waals surface area contributed by atoms with Crippen LogP contribution in [-0.4, -0.2) is 37.1 Å². The van der Waals surface area contributed by atoms with Crippen LogP contribution in [0, 0.1) is 17.8 Å². The summed E-state index contributed by atoms with van der Waals surface area (Å²) >= 11 is 0. The third-order valence-electron chi connectivity index (χ3n) is 5.16. The van der Waals surface area contributed by atoms with E-state index in [-0.39, 0.29) is 5.92 Å². The minimum atomic E-state index is -0.498. The first-order chi connectivity index (χ1) is 9.92. The molecule has 0 aliphatic carbocycles. The fourth-order valence-corrected chi connectivity index (χ4v) is 3.57. The van der Waals surface area contributed by atoms with E-state index in [9.17, 15) is 5.11 Å². The van der Waals surface area contributed by atoms with E-state index in [1.54, 1.807) is 7.11 Å². The third-order valence-corrected chi connectivity index (χ3v) is 5.16. The molecule has 0 radical (unpaired) electrons. The molecule has 0 saturated carbocycles. The quantitative estimate of drug-likeness (QED) is 0.698. The zero-order valence-corrected chi connectivity index (χ0v) is 14.7. The molecule has 0 aromatic rings. The van der Waals surface area contributed by atoms with E-state index in [0.29, 0.717) is 13.2 Å². The Morgan fingerprint density at radius 2 is 1.81 bits per heavy atom. The monoisotopic (exact) mass is 300 g/mol. The Bertz CT molecular complexity index is 268. The van der Waals surface area contributed by atoms with Gasteiger partial charge in [0.15, 0.2) is 0 Å². The first-order valence-electron chi connectivity index (χ1n) is 8.73. The number of rotatable bonds is 9. The molecule has 4 atom stereocenters. The van der Waals surface area contributed by atoms with Gasteiger partial charge in [-0.2, -0.15) is 0 Å². The van der Waals surface area contributed by atoms with Crippen molar-refractivity contribution in [3.05, 3.63) is 0 Å². The Morgan fingerprint density at radius 3 is 2.38 bits per heavy atom. The van der Waals surface area contributed by atoms with Gasteiger partial charge in [0.05, 0.1) is 13.2 Å². The van der Waals surface area contributed by atoms with Crippen molar-refractivity contribution in [1.82, 2.24) is 0 Å². The largest absolute Gasteiger partial charge is 0.388 e. The molecule has 0 aromatic carbocycles. The SMILES string of the molecule is CO[C@]1(CCCC(C)CCCC(C)C)[C@H](O)COC[C@@H]1C. The molecule has 3 heteroatoms. The highest BCUT2D eigenvalue weighted by Crippen LogP contribution is 2.35. The van der Waals surface area contributed by atoms with Crippen molar-refractivity contribution in [2.45, 2.75) is 77.9 Å². The average molecular weight is 300 g/mol. The van der Waals surface area contributed by atoms with Gasteiger partial charge in [-0.3, -0.25) is 0 Å². The van der Waals surface area contributed by atoms with E-state index >= 15 is 0 Å². The van der Waals surface area contributed by atoms with Gasteiger partial charge in [0.25, 0.3) is 0 Å². The Balaban J connectivity index is 2.34. The normalized spacial score (nSPS) is 31.6. The molecule has 0 amide bonds. The summed E-state index contributed by atoms with van der Waals surface area (Å²) in [7, 11) is 1.73. The fourth-order valence-electron chi connectivity index (χ4n) is 3.57. The molecule has 1 saturated heterocycles. The molecular weight excluding hydrogens is 264 g/mol. The van der Waals surface area contributed by atoms with Gasteiger partial charge in [-0.05, 0) is 18.3 Å². The highest BCUT2D eigenvalue weighted by Gasteiger charge is 2.45. The zero-order chi connectivity index (χ0) is 15.9. The lowest BCUT2D eigenvalue weighted by Gasteiger charge is -2.45. The minimum absolute atomic E-state index is 0.252. The molecular formula is C18H36O3. The van der Waals surface area contributed by atoms with E-state index in [1.807, 2.05) is 0 Å². The zero-order valence-electron chi connectivity index (χ0n) is 14.7. The molecule has 1 rings (SSSR count). The molecule has 0 aromatic heterocycles. The Hall–Kier alpha value is -0.120. The van der Waals surface area contributed by atoms with Crippen LogP contribution in [0.25, 0.3) is 0 Å². The lowest BCUT2D eigenvalue weighted by atomic mass is 9.77. The van der Waals surface area contributed by atoms with Crippen LogP contribution in [0.3, 0.4) is 0 Å². The average Bonchev–Trinajstić information content (AvgIpc) is 2.42. The van der Waals surface area contributed by atoms with Crippen LogP contribution in [0.5, 0.6) is 0 Å². The van der Waals surface area contributed by atoms with Crippen LogP contribution < -0.4 is 0 Å². The Labute approximate surface area is 131 Å². The van der Waals surface area contributed by atoms with Crippen LogP contribution >= 0.6 is 0 Å². The van der Waals surface area contributed by atoms with Gasteiger partial charge in [0.1, 0.15) is 11.7 Å². The van der Waals surface area contributed by atoms with Crippen molar-refractivity contribution < 1.29 is 14.6 Å². The smallest absolute Gasteiger partial charge is 0.107 e. The predicted molar refractivity (Wildman–Crippen MR) is 87.4 cm³/mol. The fraction of sp³-hybridized carbons (Fsp3) is 1.00. The second kappa shape index (κ2) is 9.12. The molecule has 1 unspecified atom stereocenters. The molecule has 0 spiro atoms. The van der Waals surface area contributed by atoms with Crippen molar-refractivity contribution in [3.63, 3.8) is 0 Å². The predicted octanol–water partition coefficient (Wildman–Crippen LogP) is 4.03. The standard InChI is InChI=1S/C18H36O3/c1-14(2)8-6-9-15(3)10-7-11-18(20-5)16(4)12-21-13-17(18)19/h14-17,19H,6-13H2,1-5H3/t15?,16-,17+,18-/m0/s1. The van der Waals surface area contributed by atoms with Gasteiger partial charge in [0, 0.05) is 13.0 Å². The summed E-state index contributed by atoms with van der Waals surface area (Å²) in [6.07, 6.45) is 6.77. The number of ether oxygens (including phenoxy) is 2. The Morgan fingerprint density at radius 1 is 1.14 bits per heavy atom. The Kier molecular flexibility index (Phi) is 8.22. The summed E-state index contributed by atoms with van der Waals surface area (Å²) in [5, 5.41) is 10.3. The summed E-state index contributed by atoms with van der Waals surface area (Å²) in [6, 6.07) is 0. The van der Waals surface area contributed by atoms with Crippen molar-refractivity contribution in [2.24, 2.45) is 17.8 Å². The van der Waals surface area contributed by atoms with Crippen LogP contribution in [-0.2, 0) is 9.47 Å². The van der Waals surface area contributed by atoms with Gasteiger partial charge in [-0.1, -0.05) is 59.8 Å². The van der Waals surface area contributed by atoms with Crippen molar-refractivity contribution in [2.75, 3.05) is 20.3 Å². The number of aliphatic hydroxyl groups is 1. The van der Waals surface area contributed by atoms with Gasteiger partial charge < -0.3 is 14.6 Å². The first-order valence-corrected chi connectivity index (χ1v) is 8.73. The van der Waals surface area contributed by atoms with E-state index in [0.717, 1.165) is 24.7 Å². The van der Waals surface area contributed by atoms with E-state index in [2.05, 4.69) is 27.7 Å². The first kappa shape index (κ1) is 18.9. The second-order valence-corrected chi connectivity index (χ2v) is 7.44. The maximum atomic E-state index is 10.3. The number of methoxy groups -OCH3 is 1. The summed E-state index contributed by atoms with van der Waals surface area (Å²) in [5.74, 6) is 1.83. The number of hydrogen-bond acceptors (Lipinski definition) is 3. The molecule has 1 aliphatic heterocycles. The van der Waals surface area contributed by atoms with E-state index in [1.165, 1.54) is 25.7 Å². The van der Waals surface area contributed by atoms with Gasteiger partial charge in [-0.15, -0.1) is 0 Å².